The lowest BCUT2D eigenvalue weighted by Gasteiger charge is -2.33. The molecule has 0 bridgehead atoms. The van der Waals surface area contributed by atoms with Gasteiger partial charge in [0.1, 0.15) is 11.5 Å². The second-order valence-electron chi connectivity index (χ2n) is 7.24. The number of furan rings is 1. The Balaban J connectivity index is 1.34. The van der Waals surface area contributed by atoms with E-state index in [0.717, 1.165) is 22.6 Å². The number of aryl methyl sites for hydroxylation is 2. The van der Waals surface area contributed by atoms with Crippen LogP contribution in [0.2, 0.25) is 0 Å². The van der Waals surface area contributed by atoms with Crippen molar-refractivity contribution in [2.24, 2.45) is 0 Å². The number of piperazine rings is 1. The third kappa shape index (κ3) is 4.58. The molecule has 1 aromatic carbocycles. The zero-order valence-electron chi connectivity index (χ0n) is 16.5. The highest BCUT2D eigenvalue weighted by Crippen LogP contribution is 2.25. The molecule has 29 heavy (non-hydrogen) atoms. The molecule has 1 aliphatic rings. The van der Waals surface area contributed by atoms with Crippen molar-refractivity contribution in [3.8, 4) is 11.5 Å². The van der Waals surface area contributed by atoms with E-state index in [2.05, 4.69) is 15.1 Å². The third-order valence-corrected chi connectivity index (χ3v) is 6.86. The molecule has 2 aromatic heterocycles. The number of hydrogen-bond acceptors (Lipinski definition) is 7. The Labute approximate surface area is 170 Å². The zero-order chi connectivity index (χ0) is 20.4. The lowest BCUT2D eigenvalue weighted by molar-refractivity contribution is 0.168. The zero-order valence-corrected chi connectivity index (χ0v) is 17.4. The highest BCUT2D eigenvalue weighted by atomic mass is 32.2. The average Bonchev–Trinajstić information content (AvgIpc) is 3.28. The fraction of sp³-hybridized carbons (Fsp3) is 0.400. The Morgan fingerprint density at radius 3 is 2.38 bits per heavy atom. The first-order valence-corrected chi connectivity index (χ1v) is 11.2. The highest BCUT2D eigenvalue weighted by molar-refractivity contribution is 7.88. The molecule has 0 unspecified atom stereocenters. The number of hydrogen-bond donors (Lipinski definition) is 0. The van der Waals surface area contributed by atoms with E-state index in [1.54, 1.807) is 4.31 Å². The van der Waals surface area contributed by atoms with E-state index in [9.17, 15) is 8.42 Å². The highest BCUT2D eigenvalue weighted by Gasteiger charge is 2.28. The van der Waals surface area contributed by atoms with E-state index < -0.39 is 10.0 Å². The maximum absolute atomic E-state index is 12.7. The average molecular weight is 417 g/mol. The minimum Gasteiger partial charge on any atom is -0.466 e. The van der Waals surface area contributed by atoms with Crippen molar-refractivity contribution in [2.45, 2.75) is 26.1 Å². The smallest absolute Gasteiger partial charge is 0.251 e. The molecule has 0 spiro atoms. The summed E-state index contributed by atoms with van der Waals surface area (Å²) in [5.41, 5.74) is 1.61. The van der Waals surface area contributed by atoms with E-state index in [1.807, 2.05) is 50.2 Å². The summed E-state index contributed by atoms with van der Waals surface area (Å²) in [6.07, 6.45) is 0. The molecule has 0 amide bonds. The second-order valence-corrected chi connectivity index (χ2v) is 9.21. The molecule has 4 rings (SSSR count). The van der Waals surface area contributed by atoms with Crippen molar-refractivity contribution >= 4 is 10.0 Å². The van der Waals surface area contributed by atoms with Crippen LogP contribution in [0.15, 0.2) is 45.2 Å². The fourth-order valence-corrected chi connectivity index (χ4v) is 5.02. The van der Waals surface area contributed by atoms with E-state index in [4.69, 9.17) is 8.83 Å². The maximum Gasteiger partial charge on any atom is 0.251 e. The quantitative estimate of drug-likeness (QED) is 0.610. The van der Waals surface area contributed by atoms with Gasteiger partial charge in [-0.2, -0.15) is 4.31 Å². The van der Waals surface area contributed by atoms with Gasteiger partial charge in [0.25, 0.3) is 5.89 Å². The first kappa shape index (κ1) is 19.8. The standard InChI is InChI=1S/C20H24N4O4S/c1-15-12-18(16(2)27-15)20-22-21-19(28-20)13-23-8-10-24(11-9-23)29(25,26)14-17-6-4-3-5-7-17/h3-7,12H,8-11,13-14H2,1-2H3. The van der Waals surface area contributed by atoms with Crippen LogP contribution >= 0.6 is 0 Å². The first-order valence-electron chi connectivity index (χ1n) is 9.54. The van der Waals surface area contributed by atoms with Gasteiger partial charge in [0, 0.05) is 26.2 Å². The molecule has 3 aromatic rings. The van der Waals surface area contributed by atoms with E-state index in [-0.39, 0.29) is 5.75 Å². The van der Waals surface area contributed by atoms with Crippen LogP contribution in [0.4, 0.5) is 0 Å². The summed E-state index contributed by atoms with van der Waals surface area (Å²) in [5, 5.41) is 8.25. The number of rotatable bonds is 6. The summed E-state index contributed by atoms with van der Waals surface area (Å²) in [5.74, 6) is 2.53. The molecular formula is C20H24N4O4S. The Hall–Kier alpha value is -2.49. The Bertz CT molecular complexity index is 1070. The van der Waals surface area contributed by atoms with Crippen LogP contribution in [0, 0.1) is 13.8 Å². The number of nitrogens with zero attached hydrogens (tertiary/aromatic N) is 4. The van der Waals surface area contributed by atoms with Gasteiger partial charge < -0.3 is 8.83 Å². The van der Waals surface area contributed by atoms with Gasteiger partial charge in [0.15, 0.2) is 0 Å². The number of sulfonamides is 1. The molecule has 1 saturated heterocycles. The maximum atomic E-state index is 12.7. The SMILES string of the molecule is Cc1cc(-c2nnc(CN3CCN(S(=O)(=O)Cc4ccccc4)CC3)o2)c(C)o1. The third-order valence-electron chi connectivity index (χ3n) is 5.01. The topological polar surface area (TPSA) is 92.7 Å². The molecule has 1 aliphatic heterocycles. The summed E-state index contributed by atoms with van der Waals surface area (Å²) in [6, 6.07) is 11.1. The molecule has 0 N–H and O–H groups in total. The summed E-state index contributed by atoms with van der Waals surface area (Å²) in [4.78, 5) is 2.12. The Morgan fingerprint density at radius 1 is 1.00 bits per heavy atom. The van der Waals surface area contributed by atoms with Gasteiger partial charge in [0.05, 0.1) is 17.9 Å². The van der Waals surface area contributed by atoms with Crippen LogP contribution in [0.1, 0.15) is 23.0 Å². The van der Waals surface area contributed by atoms with Crippen molar-refractivity contribution in [1.29, 1.82) is 0 Å². The molecule has 9 heteroatoms. The summed E-state index contributed by atoms with van der Waals surface area (Å²) in [6.45, 7) is 6.38. The first-order chi connectivity index (χ1) is 13.9. The lowest BCUT2D eigenvalue weighted by Crippen LogP contribution is -2.48. The summed E-state index contributed by atoms with van der Waals surface area (Å²) < 4.78 is 38.2. The fourth-order valence-electron chi connectivity index (χ4n) is 3.50. The van der Waals surface area contributed by atoms with Crippen LogP contribution in [0.3, 0.4) is 0 Å². The molecule has 0 atom stereocenters. The largest absolute Gasteiger partial charge is 0.466 e. The minimum atomic E-state index is -3.32. The van der Waals surface area contributed by atoms with E-state index in [1.165, 1.54) is 0 Å². The van der Waals surface area contributed by atoms with Gasteiger partial charge in [-0.1, -0.05) is 30.3 Å². The summed E-state index contributed by atoms with van der Waals surface area (Å²) >= 11 is 0. The lowest BCUT2D eigenvalue weighted by atomic mass is 10.2. The molecule has 154 valence electrons. The van der Waals surface area contributed by atoms with Crippen molar-refractivity contribution < 1.29 is 17.3 Å². The van der Waals surface area contributed by atoms with Gasteiger partial charge in [-0.05, 0) is 25.5 Å². The van der Waals surface area contributed by atoms with Crippen molar-refractivity contribution in [1.82, 2.24) is 19.4 Å². The van der Waals surface area contributed by atoms with Crippen LogP contribution in [-0.4, -0.2) is 54.0 Å². The van der Waals surface area contributed by atoms with Crippen LogP contribution in [0.25, 0.3) is 11.5 Å². The predicted molar refractivity (Wildman–Crippen MR) is 107 cm³/mol. The minimum absolute atomic E-state index is 0.0321. The molecule has 0 radical (unpaired) electrons. The Kier molecular flexibility index (Phi) is 5.53. The van der Waals surface area contributed by atoms with Crippen LogP contribution < -0.4 is 0 Å². The molecule has 8 nitrogen and oxygen atoms in total. The van der Waals surface area contributed by atoms with Crippen molar-refractivity contribution in [3.05, 3.63) is 59.4 Å². The second kappa shape index (κ2) is 8.10. The van der Waals surface area contributed by atoms with Crippen molar-refractivity contribution in [2.75, 3.05) is 26.2 Å². The van der Waals surface area contributed by atoms with Gasteiger partial charge in [0.2, 0.25) is 15.9 Å². The van der Waals surface area contributed by atoms with Crippen LogP contribution in [0.5, 0.6) is 0 Å². The summed E-state index contributed by atoms with van der Waals surface area (Å²) in [7, 11) is -3.32. The molecule has 0 saturated carbocycles. The predicted octanol–water partition coefficient (Wildman–Crippen LogP) is 2.59. The van der Waals surface area contributed by atoms with Crippen molar-refractivity contribution in [3.63, 3.8) is 0 Å². The number of benzene rings is 1. The molecular weight excluding hydrogens is 392 g/mol. The van der Waals surface area contributed by atoms with E-state index in [0.29, 0.717) is 44.5 Å². The normalized spacial score (nSPS) is 16.3. The molecule has 1 fully saturated rings. The van der Waals surface area contributed by atoms with Gasteiger partial charge >= 0.3 is 0 Å². The monoisotopic (exact) mass is 416 g/mol. The van der Waals surface area contributed by atoms with Gasteiger partial charge in [-0.3, -0.25) is 4.90 Å². The number of aromatic nitrogens is 2. The Morgan fingerprint density at radius 2 is 1.72 bits per heavy atom. The van der Waals surface area contributed by atoms with Gasteiger partial charge in [-0.15, -0.1) is 10.2 Å². The van der Waals surface area contributed by atoms with Gasteiger partial charge in [-0.25, -0.2) is 8.42 Å². The van der Waals surface area contributed by atoms with E-state index >= 15 is 0 Å². The molecule has 0 aliphatic carbocycles. The van der Waals surface area contributed by atoms with Crippen LogP contribution in [-0.2, 0) is 22.3 Å². The molecule has 3 heterocycles.